The number of allylic oxidation sites excluding steroid dienone is 2. The van der Waals surface area contributed by atoms with E-state index in [9.17, 15) is 0 Å². The lowest BCUT2D eigenvalue weighted by molar-refractivity contribution is 0.227. The van der Waals surface area contributed by atoms with E-state index in [-0.39, 0.29) is 6.61 Å². The number of rotatable bonds is 7. The summed E-state index contributed by atoms with van der Waals surface area (Å²) >= 11 is 0. The van der Waals surface area contributed by atoms with Crippen molar-refractivity contribution in [3.8, 4) is 0 Å². The van der Waals surface area contributed by atoms with E-state index in [1.807, 2.05) is 10.9 Å². The van der Waals surface area contributed by atoms with Crippen molar-refractivity contribution < 1.29 is 5.11 Å². The first-order valence-electron chi connectivity index (χ1n) is 8.51. The highest BCUT2D eigenvalue weighted by Crippen LogP contribution is 2.28. The number of hydrogen-bond acceptors (Lipinski definition) is 4. The first kappa shape index (κ1) is 17.2. The Morgan fingerprint density at radius 1 is 1.45 bits per heavy atom. The number of hydrogen-bond donors (Lipinski definition) is 2. The maximum atomic E-state index is 9.17. The third-order valence-electron chi connectivity index (χ3n) is 4.44. The molecule has 0 amide bonds. The maximum absolute atomic E-state index is 9.17. The van der Waals surface area contributed by atoms with E-state index < -0.39 is 0 Å². The Kier molecular flexibility index (Phi) is 6.58. The van der Waals surface area contributed by atoms with Gasteiger partial charge in [0.1, 0.15) is 5.69 Å². The number of nitrogens with zero attached hydrogens (tertiary/aromatic N) is 3. The maximum Gasteiger partial charge on any atom is 0.108 e. The van der Waals surface area contributed by atoms with E-state index in [0.29, 0.717) is 23.8 Å². The second kappa shape index (κ2) is 8.44. The van der Waals surface area contributed by atoms with Gasteiger partial charge < -0.3 is 10.4 Å². The highest BCUT2D eigenvalue weighted by Gasteiger charge is 2.28. The van der Waals surface area contributed by atoms with E-state index >= 15 is 0 Å². The van der Waals surface area contributed by atoms with Crippen molar-refractivity contribution >= 4 is 0 Å². The van der Waals surface area contributed by atoms with Crippen molar-refractivity contribution in [3.05, 3.63) is 23.5 Å². The van der Waals surface area contributed by atoms with E-state index in [1.165, 1.54) is 24.8 Å². The van der Waals surface area contributed by atoms with Crippen LogP contribution in [0.4, 0.5) is 0 Å². The molecule has 5 heteroatoms. The molecule has 1 heterocycles. The Morgan fingerprint density at radius 2 is 2.23 bits per heavy atom. The van der Waals surface area contributed by atoms with Crippen molar-refractivity contribution in [1.29, 1.82) is 0 Å². The SMILES string of the molecule is CC(C)=CCC[C@H](C)N[C@H]1CCCC[C@H]1n1cc(CO)nn1. The summed E-state index contributed by atoms with van der Waals surface area (Å²) in [5, 5.41) is 21.2. The molecule has 0 unspecified atom stereocenters. The van der Waals surface area contributed by atoms with Gasteiger partial charge in [0.15, 0.2) is 0 Å². The largest absolute Gasteiger partial charge is 0.390 e. The summed E-state index contributed by atoms with van der Waals surface area (Å²) < 4.78 is 1.95. The summed E-state index contributed by atoms with van der Waals surface area (Å²) in [4.78, 5) is 0. The van der Waals surface area contributed by atoms with Gasteiger partial charge >= 0.3 is 0 Å². The second-order valence-electron chi connectivity index (χ2n) is 6.73. The van der Waals surface area contributed by atoms with Gasteiger partial charge in [-0.1, -0.05) is 29.7 Å². The first-order valence-corrected chi connectivity index (χ1v) is 8.51. The van der Waals surface area contributed by atoms with Crippen molar-refractivity contribution in [2.24, 2.45) is 0 Å². The number of aliphatic hydroxyl groups excluding tert-OH is 1. The molecule has 2 N–H and O–H groups in total. The second-order valence-corrected chi connectivity index (χ2v) is 6.73. The van der Waals surface area contributed by atoms with Gasteiger partial charge in [0.25, 0.3) is 0 Å². The molecule has 1 aromatic rings. The molecule has 1 aliphatic carbocycles. The van der Waals surface area contributed by atoms with Crippen LogP contribution in [0.2, 0.25) is 0 Å². The average Bonchev–Trinajstić information content (AvgIpc) is 2.96. The van der Waals surface area contributed by atoms with Crippen LogP contribution in [0.1, 0.15) is 71.0 Å². The first-order chi connectivity index (χ1) is 10.6. The predicted octanol–water partition coefficient (Wildman–Crippen LogP) is 2.98. The van der Waals surface area contributed by atoms with Gasteiger partial charge in [-0.05, 0) is 46.5 Å². The van der Waals surface area contributed by atoms with Crippen LogP contribution in [-0.2, 0) is 6.61 Å². The topological polar surface area (TPSA) is 63.0 Å². The molecule has 1 fully saturated rings. The number of nitrogens with one attached hydrogen (secondary N) is 1. The third kappa shape index (κ3) is 4.92. The van der Waals surface area contributed by atoms with Crippen LogP contribution in [0.25, 0.3) is 0 Å². The van der Waals surface area contributed by atoms with E-state index in [0.717, 1.165) is 19.3 Å². The number of aliphatic hydroxyl groups is 1. The Balaban J connectivity index is 1.93. The third-order valence-corrected chi connectivity index (χ3v) is 4.44. The molecule has 0 spiro atoms. The summed E-state index contributed by atoms with van der Waals surface area (Å²) in [6.07, 6.45) is 11.3. The molecular formula is C17H30N4O. The molecule has 1 aliphatic rings. The Bertz CT molecular complexity index is 479. The average molecular weight is 306 g/mol. The van der Waals surface area contributed by atoms with Crippen molar-refractivity contribution in [3.63, 3.8) is 0 Å². The van der Waals surface area contributed by atoms with E-state index in [2.05, 4.69) is 42.5 Å². The molecule has 3 atom stereocenters. The minimum absolute atomic E-state index is 0.0378. The van der Waals surface area contributed by atoms with Crippen LogP contribution >= 0.6 is 0 Å². The van der Waals surface area contributed by atoms with Gasteiger partial charge in [-0.15, -0.1) is 5.10 Å². The van der Waals surface area contributed by atoms with Crippen molar-refractivity contribution in [1.82, 2.24) is 20.3 Å². The van der Waals surface area contributed by atoms with Crippen molar-refractivity contribution in [2.45, 2.75) is 84.0 Å². The highest BCUT2D eigenvalue weighted by atomic mass is 16.3. The molecule has 0 bridgehead atoms. The molecule has 1 aromatic heterocycles. The Labute approximate surface area is 133 Å². The lowest BCUT2D eigenvalue weighted by atomic mass is 9.89. The fourth-order valence-corrected chi connectivity index (χ4v) is 3.24. The standard InChI is InChI=1S/C17H30N4O/c1-13(2)7-6-8-14(3)18-16-9-4-5-10-17(16)21-11-15(12-22)19-20-21/h7,11,14,16-18,22H,4-6,8-10,12H2,1-3H3/t14-,16-,17+/m0/s1. The predicted molar refractivity (Wildman–Crippen MR) is 88.5 cm³/mol. The minimum Gasteiger partial charge on any atom is -0.390 e. The van der Waals surface area contributed by atoms with Crippen LogP contribution < -0.4 is 5.32 Å². The molecule has 5 nitrogen and oxygen atoms in total. The Morgan fingerprint density at radius 3 is 2.91 bits per heavy atom. The summed E-state index contributed by atoms with van der Waals surface area (Å²) in [6, 6.07) is 1.30. The van der Waals surface area contributed by atoms with E-state index in [1.54, 1.807) is 0 Å². The molecule has 0 radical (unpaired) electrons. The van der Waals surface area contributed by atoms with Gasteiger partial charge in [-0.25, -0.2) is 4.68 Å². The number of aromatic nitrogens is 3. The molecule has 2 rings (SSSR count). The fraction of sp³-hybridized carbons (Fsp3) is 0.765. The normalized spacial score (nSPS) is 23.3. The van der Waals surface area contributed by atoms with Gasteiger partial charge in [0.05, 0.1) is 18.8 Å². The van der Waals surface area contributed by atoms with Gasteiger partial charge in [-0.2, -0.15) is 0 Å². The Hall–Kier alpha value is -1.20. The zero-order valence-electron chi connectivity index (χ0n) is 14.1. The van der Waals surface area contributed by atoms with Gasteiger partial charge in [0, 0.05) is 12.1 Å². The van der Waals surface area contributed by atoms with Crippen LogP contribution in [0.5, 0.6) is 0 Å². The van der Waals surface area contributed by atoms with E-state index in [4.69, 9.17) is 5.11 Å². The van der Waals surface area contributed by atoms with Crippen LogP contribution in [0, 0.1) is 0 Å². The summed E-state index contributed by atoms with van der Waals surface area (Å²) in [7, 11) is 0. The van der Waals surface area contributed by atoms with Gasteiger partial charge in [0.2, 0.25) is 0 Å². The monoisotopic (exact) mass is 306 g/mol. The summed E-state index contributed by atoms with van der Waals surface area (Å²) in [6.45, 7) is 6.53. The van der Waals surface area contributed by atoms with Gasteiger partial charge in [-0.3, -0.25) is 0 Å². The lowest BCUT2D eigenvalue weighted by Crippen LogP contribution is -2.44. The molecule has 22 heavy (non-hydrogen) atoms. The molecular weight excluding hydrogens is 276 g/mol. The molecule has 0 aliphatic heterocycles. The fourth-order valence-electron chi connectivity index (χ4n) is 3.24. The summed E-state index contributed by atoms with van der Waals surface area (Å²) in [5.74, 6) is 0. The summed E-state index contributed by atoms with van der Waals surface area (Å²) in [5.41, 5.74) is 2.04. The molecule has 0 aromatic carbocycles. The van der Waals surface area contributed by atoms with Crippen LogP contribution in [-0.4, -0.2) is 32.2 Å². The molecule has 0 saturated heterocycles. The zero-order valence-corrected chi connectivity index (χ0v) is 14.1. The molecule has 1 saturated carbocycles. The van der Waals surface area contributed by atoms with Crippen molar-refractivity contribution in [2.75, 3.05) is 0 Å². The quantitative estimate of drug-likeness (QED) is 0.760. The zero-order chi connectivity index (χ0) is 15.9. The van der Waals surface area contributed by atoms with Crippen LogP contribution in [0.3, 0.4) is 0 Å². The highest BCUT2D eigenvalue weighted by molar-refractivity contribution is 4.96. The molecule has 124 valence electrons. The lowest BCUT2D eigenvalue weighted by Gasteiger charge is -2.34. The minimum atomic E-state index is -0.0378. The smallest absolute Gasteiger partial charge is 0.108 e. The van der Waals surface area contributed by atoms with Crippen LogP contribution in [0.15, 0.2) is 17.8 Å².